The molecule has 1 fully saturated rings. The first-order chi connectivity index (χ1) is 10.3. The van der Waals surface area contributed by atoms with Crippen LogP contribution in [0.3, 0.4) is 0 Å². The van der Waals surface area contributed by atoms with E-state index >= 15 is 0 Å². The van der Waals surface area contributed by atoms with Gasteiger partial charge >= 0.3 is 0 Å². The average molecular weight is 303 g/mol. The van der Waals surface area contributed by atoms with Crippen LogP contribution in [0.1, 0.15) is 39.7 Å². The zero-order valence-electron chi connectivity index (χ0n) is 14.4. The molecule has 4 heteroatoms. The number of aryl methyl sites for hydroxylation is 1. The van der Waals surface area contributed by atoms with Gasteiger partial charge in [0.2, 0.25) is 5.91 Å². The predicted octanol–water partition coefficient (Wildman–Crippen LogP) is 3.65. The third-order valence-electron chi connectivity index (χ3n) is 4.36. The van der Waals surface area contributed by atoms with Gasteiger partial charge < -0.3 is 16.0 Å². The summed E-state index contributed by atoms with van der Waals surface area (Å²) in [5.74, 6) is 1.32. The highest BCUT2D eigenvalue weighted by atomic mass is 16.1. The summed E-state index contributed by atoms with van der Waals surface area (Å²) in [7, 11) is 0. The predicted molar refractivity (Wildman–Crippen MR) is 94.2 cm³/mol. The molecule has 1 aliphatic heterocycles. The number of benzene rings is 1. The Balaban J connectivity index is 2.29. The van der Waals surface area contributed by atoms with Gasteiger partial charge in [0.15, 0.2) is 0 Å². The minimum Gasteiger partial charge on any atom is -0.397 e. The molecule has 1 amide bonds. The van der Waals surface area contributed by atoms with E-state index in [1.54, 1.807) is 0 Å². The summed E-state index contributed by atoms with van der Waals surface area (Å²) in [4.78, 5) is 14.4. The Hall–Kier alpha value is -1.71. The van der Waals surface area contributed by atoms with Crippen molar-refractivity contribution in [2.45, 2.75) is 41.0 Å². The normalized spacial score (nSPS) is 22.0. The quantitative estimate of drug-likeness (QED) is 0.838. The highest BCUT2D eigenvalue weighted by Gasteiger charge is 2.24. The lowest BCUT2D eigenvalue weighted by Crippen LogP contribution is -2.39. The zero-order valence-corrected chi connectivity index (χ0v) is 14.4. The number of nitrogens with one attached hydrogen (secondary N) is 1. The third kappa shape index (κ3) is 3.73. The molecule has 3 N–H and O–H groups in total. The second-order valence-corrected chi connectivity index (χ2v) is 7.22. The summed E-state index contributed by atoms with van der Waals surface area (Å²) in [6.07, 6.45) is 1.28. The van der Waals surface area contributed by atoms with E-state index in [4.69, 9.17) is 5.73 Å². The number of anilines is 3. The molecule has 1 aromatic carbocycles. The molecule has 0 bridgehead atoms. The maximum absolute atomic E-state index is 12.0. The maximum atomic E-state index is 12.0. The van der Waals surface area contributed by atoms with Crippen molar-refractivity contribution in [3.63, 3.8) is 0 Å². The first kappa shape index (κ1) is 16.7. The molecular weight excluding hydrogens is 274 g/mol. The number of rotatable bonds is 3. The Morgan fingerprint density at radius 1 is 1.27 bits per heavy atom. The molecule has 1 aliphatic rings. The molecule has 2 atom stereocenters. The van der Waals surface area contributed by atoms with E-state index < -0.39 is 0 Å². The van der Waals surface area contributed by atoms with Crippen molar-refractivity contribution < 1.29 is 4.79 Å². The lowest BCUT2D eigenvalue weighted by molar-refractivity contribution is -0.118. The Morgan fingerprint density at radius 2 is 1.86 bits per heavy atom. The second kappa shape index (κ2) is 6.59. The van der Waals surface area contributed by atoms with E-state index in [2.05, 4.69) is 31.0 Å². The number of amides is 1. The van der Waals surface area contributed by atoms with Gasteiger partial charge in [-0.1, -0.05) is 27.7 Å². The summed E-state index contributed by atoms with van der Waals surface area (Å²) in [6.45, 7) is 12.6. The van der Waals surface area contributed by atoms with Gasteiger partial charge in [-0.15, -0.1) is 0 Å². The highest BCUT2D eigenvalue weighted by Crippen LogP contribution is 2.33. The molecule has 4 nitrogen and oxygen atoms in total. The summed E-state index contributed by atoms with van der Waals surface area (Å²) in [5.41, 5.74) is 9.80. The van der Waals surface area contributed by atoms with E-state index in [9.17, 15) is 4.79 Å². The molecule has 2 unspecified atom stereocenters. The van der Waals surface area contributed by atoms with Crippen LogP contribution in [-0.2, 0) is 4.79 Å². The Kier molecular flexibility index (Phi) is 4.99. The van der Waals surface area contributed by atoms with Crippen LogP contribution in [0.15, 0.2) is 12.1 Å². The minimum absolute atomic E-state index is 0.00174. The van der Waals surface area contributed by atoms with Crippen molar-refractivity contribution in [3.05, 3.63) is 17.7 Å². The zero-order chi connectivity index (χ0) is 16.4. The first-order valence-corrected chi connectivity index (χ1v) is 8.23. The van der Waals surface area contributed by atoms with E-state index in [1.165, 1.54) is 17.7 Å². The van der Waals surface area contributed by atoms with Crippen molar-refractivity contribution in [3.8, 4) is 0 Å². The standard InChI is InChI=1S/C18H29N3O/c1-11(2)18(22)20-16-8-17(14(5)7-15(16)19)21-9-12(3)6-13(4)10-21/h7-8,11-13H,6,9-10,19H2,1-5H3,(H,20,22). The molecule has 1 saturated heterocycles. The molecule has 0 saturated carbocycles. The fourth-order valence-electron chi connectivity index (χ4n) is 3.30. The monoisotopic (exact) mass is 303 g/mol. The Labute approximate surface area is 134 Å². The van der Waals surface area contributed by atoms with Crippen LogP contribution in [0.5, 0.6) is 0 Å². The number of nitrogen functional groups attached to an aromatic ring is 1. The van der Waals surface area contributed by atoms with Gasteiger partial charge in [0, 0.05) is 24.7 Å². The number of hydrogen-bond acceptors (Lipinski definition) is 3. The second-order valence-electron chi connectivity index (χ2n) is 7.22. The number of piperidine rings is 1. The van der Waals surface area contributed by atoms with Gasteiger partial charge in [0.05, 0.1) is 11.4 Å². The summed E-state index contributed by atoms with van der Waals surface area (Å²) in [6, 6.07) is 4.00. The Bertz CT molecular complexity index is 544. The van der Waals surface area contributed by atoms with Gasteiger partial charge in [-0.25, -0.2) is 0 Å². The van der Waals surface area contributed by atoms with E-state index in [0.717, 1.165) is 18.8 Å². The molecular formula is C18H29N3O. The molecule has 0 aliphatic carbocycles. The van der Waals surface area contributed by atoms with Gasteiger partial charge in [-0.2, -0.15) is 0 Å². The number of hydrogen-bond donors (Lipinski definition) is 2. The fraction of sp³-hybridized carbons (Fsp3) is 0.611. The molecule has 1 heterocycles. The van der Waals surface area contributed by atoms with Gasteiger partial charge in [-0.05, 0) is 42.9 Å². The van der Waals surface area contributed by atoms with Crippen molar-refractivity contribution in [1.82, 2.24) is 0 Å². The number of nitrogens with two attached hydrogens (primary N) is 1. The van der Waals surface area contributed by atoms with Gasteiger partial charge in [0.25, 0.3) is 0 Å². The molecule has 0 radical (unpaired) electrons. The van der Waals surface area contributed by atoms with Crippen molar-refractivity contribution in [2.24, 2.45) is 17.8 Å². The van der Waals surface area contributed by atoms with Crippen LogP contribution < -0.4 is 16.0 Å². The smallest absolute Gasteiger partial charge is 0.226 e. The molecule has 22 heavy (non-hydrogen) atoms. The van der Waals surface area contributed by atoms with E-state index in [1.807, 2.05) is 26.0 Å². The van der Waals surface area contributed by atoms with Crippen LogP contribution in [0.2, 0.25) is 0 Å². The summed E-state index contributed by atoms with van der Waals surface area (Å²) < 4.78 is 0. The largest absolute Gasteiger partial charge is 0.397 e. The fourth-order valence-corrected chi connectivity index (χ4v) is 3.30. The van der Waals surface area contributed by atoms with Crippen LogP contribution >= 0.6 is 0 Å². The van der Waals surface area contributed by atoms with Crippen LogP contribution in [0.25, 0.3) is 0 Å². The lowest BCUT2D eigenvalue weighted by Gasteiger charge is -2.37. The van der Waals surface area contributed by atoms with Gasteiger partial charge in [0.1, 0.15) is 0 Å². The Morgan fingerprint density at radius 3 is 2.41 bits per heavy atom. The van der Waals surface area contributed by atoms with Crippen LogP contribution in [-0.4, -0.2) is 19.0 Å². The summed E-state index contributed by atoms with van der Waals surface area (Å²) >= 11 is 0. The highest BCUT2D eigenvalue weighted by molar-refractivity contribution is 5.96. The minimum atomic E-state index is -0.0563. The molecule has 0 aromatic heterocycles. The van der Waals surface area contributed by atoms with Crippen molar-refractivity contribution >= 4 is 23.0 Å². The van der Waals surface area contributed by atoms with Crippen LogP contribution in [0.4, 0.5) is 17.1 Å². The van der Waals surface area contributed by atoms with Crippen LogP contribution in [0, 0.1) is 24.7 Å². The molecule has 122 valence electrons. The van der Waals surface area contributed by atoms with Crippen molar-refractivity contribution in [2.75, 3.05) is 29.0 Å². The SMILES string of the molecule is Cc1cc(N)c(NC(=O)C(C)C)cc1N1CC(C)CC(C)C1. The lowest BCUT2D eigenvalue weighted by atomic mass is 9.91. The summed E-state index contributed by atoms with van der Waals surface area (Å²) in [5, 5.41) is 2.95. The first-order valence-electron chi connectivity index (χ1n) is 8.23. The number of carbonyl (C=O) groups is 1. The third-order valence-corrected chi connectivity index (χ3v) is 4.36. The average Bonchev–Trinajstić information content (AvgIpc) is 2.40. The number of carbonyl (C=O) groups excluding carboxylic acids is 1. The number of nitrogens with zero attached hydrogens (tertiary/aromatic N) is 1. The molecule has 1 aromatic rings. The van der Waals surface area contributed by atoms with E-state index in [0.29, 0.717) is 17.5 Å². The van der Waals surface area contributed by atoms with E-state index in [-0.39, 0.29) is 11.8 Å². The van der Waals surface area contributed by atoms with Crippen molar-refractivity contribution in [1.29, 1.82) is 0 Å². The maximum Gasteiger partial charge on any atom is 0.226 e. The molecule has 2 rings (SSSR count). The molecule has 0 spiro atoms. The topological polar surface area (TPSA) is 58.4 Å². The van der Waals surface area contributed by atoms with Gasteiger partial charge in [-0.3, -0.25) is 4.79 Å².